The number of hydrogen-bond donors (Lipinski definition) is 0. The molecule has 0 atom stereocenters. The monoisotopic (exact) mass is 241 g/mol. The van der Waals surface area contributed by atoms with E-state index in [1.54, 1.807) is 0 Å². The zero-order valence-corrected chi connectivity index (χ0v) is 10.8. The zero-order chi connectivity index (χ0) is 13.2. The van der Waals surface area contributed by atoms with Crippen molar-refractivity contribution in [2.24, 2.45) is 0 Å². The van der Waals surface area contributed by atoms with Gasteiger partial charge in [0.1, 0.15) is 0 Å². The summed E-state index contributed by atoms with van der Waals surface area (Å²) in [6, 6.07) is 9.74. The van der Waals surface area contributed by atoms with E-state index in [-0.39, 0.29) is 5.41 Å². The van der Waals surface area contributed by atoms with Crippen LogP contribution in [0, 0.1) is 11.3 Å². The van der Waals surface area contributed by atoms with Crippen LogP contribution in [0.5, 0.6) is 0 Å². The van der Waals surface area contributed by atoms with E-state index in [1.807, 2.05) is 45.0 Å². The molecule has 2 rings (SSSR count). The minimum absolute atomic E-state index is 0.147. The van der Waals surface area contributed by atoms with Crippen molar-refractivity contribution < 1.29 is 4.52 Å². The first kappa shape index (κ1) is 12.3. The van der Waals surface area contributed by atoms with Gasteiger partial charge in [0.25, 0.3) is 5.89 Å². The Balaban J connectivity index is 2.44. The molecule has 1 heterocycles. The van der Waals surface area contributed by atoms with Gasteiger partial charge in [-0.15, -0.1) is 0 Å². The van der Waals surface area contributed by atoms with Gasteiger partial charge in [0.05, 0.1) is 12.5 Å². The number of rotatable bonds is 2. The fraction of sp³-hybridized carbons (Fsp3) is 0.357. The predicted molar refractivity (Wildman–Crippen MR) is 67.8 cm³/mol. The summed E-state index contributed by atoms with van der Waals surface area (Å²) in [6.45, 7) is 6.09. The van der Waals surface area contributed by atoms with Gasteiger partial charge in [-0.25, -0.2) is 0 Å². The summed E-state index contributed by atoms with van der Waals surface area (Å²) in [4.78, 5) is 4.41. The van der Waals surface area contributed by atoms with E-state index in [4.69, 9.17) is 9.78 Å². The predicted octanol–water partition coefficient (Wildman–Crippen LogP) is 3.10. The molecular formula is C14H15N3O. The molecule has 0 bridgehead atoms. The molecule has 0 unspecified atom stereocenters. The van der Waals surface area contributed by atoms with Crippen LogP contribution >= 0.6 is 0 Å². The van der Waals surface area contributed by atoms with Gasteiger partial charge in [0.2, 0.25) is 0 Å². The van der Waals surface area contributed by atoms with Gasteiger partial charge in [-0.05, 0) is 11.6 Å². The first-order valence-electron chi connectivity index (χ1n) is 5.82. The maximum atomic E-state index is 8.81. The quantitative estimate of drug-likeness (QED) is 0.810. The van der Waals surface area contributed by atoms with E-state index in [2.05, 4.69) is 16.2 Å². The highest BCUT2D eigenvalue weighted by molar-refractivity contribution is 5.59. The third kappa shape index (κ3) is 2.40. The number of nitrogens with zero attached hydrogens (tertiary/aromatic N) is 3. The fourth-order valence-corrected chi connectivity index (χ4v) is 1.61. The standard InChI is InChI=1S/C14H15N3O/c1-14(2,3)13-16-12(18-17-13)11-7-5-4-6-10(11)8-9-15/h4-7H,8H2,1-3H3. The average molecular weight is 241 g/mol. The van der Waals surface area contributed by atoms with Crippen molar-refractivity contribution in [3.63, 3.8) is 0 Å². The number of nitriles is 1. The largest absolute Gasteiger partial charge is 0.334 e. The lowest BCUT2D eigenvalue weighted by atomic mass is 9.96. The summed E-state index contributed by atoms with van der Waals surface area (Å²) in [7, 11) is 0. The van der Waals surface area contributed by atoms with Crippen molar-refractivity contribution in [1.82, 2.24) is 10.1 Å². The molecule has 4 heteroatoms. The Kier molecular flexibility index (Phi) is 3.15. The summed E-state index contributed by atoms with van der Waals surface area (Å²) in [5.41, 5.74) is 1.59. The topological polar surface area (TPSA) is 62.7 Å². The number of benzene rings is 1. The fourth-order valence-electron chi connectivity index (χ4n) is 1.61. The molecule has 0 aliphatic carbocycles. The SMILES string of the molecule is CC(C)(C)c1noc(-c2ccccc2CC#N)n1. The third-order valence-corrected chi connectivity index (χ3v) is 2.61. The van der Waals surface area contributed by atoms with Gasteiger partial charge in [-0.3, -0.25) is 0 Å². The molecule has 0 aliphatic heterocycles. The molecule has 2 aromatic rings. The summed E-state index contributed by atoms with van der Waals surface area (Å²) in [5, 5.41) is 12.8. The summed E-state index contributed by atoms with van der Waals surface area (Å²) >= 11 is 0. The Bertz CT molecular complexity index is 588. The van der Waals surface area contributed by atoms with Crippen molar-refractivity contribution in [1.29, 1.82) is 5.26 Å². The molecule has 92 valence electrons. The lowest BCUT2D eigenvalue weighted by Crippen LogP contribution is -2.13. The Morgan fingerprint density at radius 2 is 2.00 bits per heavy atom. The van der Waals surface area contributed by atoms with Gasteiger partial charge >= 0.3 is 0 Å². The molecule has 0 saturated carbocycles. The van der Waals surface area contributed by atoms with Crippen molar-refractivity contribution in [2.75, 3.05) is 0 Å². The molecular weight excluding hydrogens is 226 g/mol. The Morgan fingerprint density at radius 3 is 2.61 bits per heavy atom. The van der Waals surface area contributed by atoms with Gasteiger partial charge in [0, 0.05) is 11.0 Å². The van der Waals surface area contributed by atoms with Crippen LogP contribution in [-0.2, 0) is 11.8 Å². The van der Waals surface area contributed by atoms with E-state index in [0.29, 0.717) is 18.1 Å². The second kappa shape index (κ2) is 4.61. The van der Waals surface area contributed by atoms with E-state index in [0.717, 1.165) is 11.1 Å². The van der Waals surface area contributed by atoms with Gasteiger partial charge in [-0.1, -0.05) is 44.1 Å². The molecule has 0 saturated heterocycles. The maximum absolute atomic E-state index is 8.81. The number of hydrogen-bond acceptors (Lipinski definition) is 4. The second-order valence-corrected chi connectivity index (χ2v) is 5.17. The Morgan fingerprint density at radius 1 is 1.28 bits per heavy atom. The Hall–Kier alpha value is -2.15. The highest BCUT2D eigenvalue weighted by atomic mass is 16.5. The molecule has 0 radical (unpaired) electrons. The van der Waals surface area contributed by atoms with Crippen LogP contribution in [0.25, 0.3) is 11.5 Å². The van der Waals surface area contributed by atoms with Crippen LogP contribution in [0.2, 0.25) is 0 Å². The zero-order valence-electron chi connectivity index (χ0n) is 10.8. The summed E-state index contributed by atoms with van der Waals surface area (Å²) < 4.78 is 5.29. The molecule has 4 nitrogen and oxygen atoms in total. The molecule has 0 fully saturated rings. The van der Waals surface area contributed by atoms with Crippen LogP contribution in [0.3, 0.4) is 0 Å². The normalized spacial score (nSPS) is 11.2. The highest BCUT2D eigenvalue weighted by Crippen LogP contribution is 2.26. The van der Waals surface area contributed by atoms with Crippen LogP contribution in [0.4, 0.5) is 0 Å². The van der Waals surface area contributed by atoms with Gasteiger partial charge in [0.15, 0.2) is 5.82 Å². The first-order valence-corrected chi connectivity index (χ1v) is 5.82. The molecule has 0 N–H and O–H groups in total. The summed E-state index contributed by atoms with van der Waals surface area (Å²) in [5.74, 6) is 1.15. The second-order valence-electron chi connectivity index (χ2n) is 5.17. The molecule has 1 aromatic carbocycles. The van der Waals surface area contributed by atoms with E-state index in [9.17, 15) is 0 Å². The molecule has 0 amide bonds. The average Bonchev–Trinajstić information content (AvgIpc) is 2.79. The lowest BCUT2D eigenvalue weighted by molar-refractivity contribution is 0.402. The van der Waals surface area contributed by atoms with Crippen molar-refractivity contribution in [3.05, 3.63) is 35.7 Å². The van der Waals surface area contributed by atoms with E-state index < -0.39 is 0 Å². The maximum Gasteiger partial charge on any atom is 0.258 e. The van der Waals surface area contributed by atoms with Crippen LogP contribution in [0.1, 0.15) is 32.2 Å². The van der Waals surface area contributed by atoms with Gasteiger partial charge in [-0.2, -0.15) is 10.2 Å². The number of aromatic nitrogens is 2. The smallest absolute Gasteiger partial charge is 0.258 e. The molecule has 1 aromatic heterocycles. The van der Waals surface area contributed by atoms with Crippen molar-refractivity contribution in [2.45, 2.75) is 32.6 Å². The van der Waals surface area contributed by atoms with E-state index >= 15 is 0 Å². The van der Waals surface area contributed by atoms with Gasteiger partial charge < -0.3 is 4.52 Å². The molecule has 18 heavy (non-hydrogen) atoms. The first-order chi connectivity index (χ1) is 8.52. The Labute approximate surface area is 106 Å². The van der Waals surface area contributed by atoms with Crippen molar-refractivity contribution >= 4 is 0 Å². The van der Waals surface area contributed by atoms with Crippen molar-refractivity contribution in [3.8, 4) is 17.5 Å². The minimum Gasteiger partial charge on any atom is -0.334 e. The minimum atomic E-state index is -0.147. The van der Waals surface area contributed by atoms with Crippen LogP contribution in [0.15, 0.2) is 28.8 Å². The molecule has 0 spiro atoms. The summed E-state index contributed by atoms with van der Waals surface area (Å²) in [6.07, 6.45) is 0.337. The van der Waals surface area contributed by atoms with E-state index in [1.165, 1.54) is 0 Å². The third-order valence-electron chi connectivity index (χ3n) is 2.61. The highest BCUT2D eigenvalue weighted by Gasteiger charge is 2.22. The lowest BCUT2D eigenvalue weighted by Gasteiger charge is -2.10. The molecule has 0 aliphatic rings. The van der Waals surface area contributed by atoms with Crippen LogP contribution in [-0.4, -0.2) is 10.1 Å². The van der Waals surface area contributed by atoms with Crippen LogP contribution < -0.4 is 0 Å².